The van der Waals surface area contributed by atoms with Gasteiger partial charge in [-0.15, -0.1) is 0 Å². The first-order valence-electron chi connectivity index (χ1n) is 11.5. The van der Waals surface area contributed by atoms with Gasteiger partial charge in [0.05, 0.1) is 5.69 Å². The van der Waals surface area contributed by atoms with Gasteiger partial charge >= 0.3 is 0 Å². The standard InChI is InChI=1S/C28H27N3O5S.3H2/c1-16-13-18(3)26(19(4)14-16)36-28-22(11-12-23(30-28)21-10-9-17(2)24(32)15-21)27(33)31-37(34,35)25-8-6-7-20(5)29-25;;;/h6-15,32H,1-5H3,(H,31,33);3*1H. The summed E-state index contributed by atoms with van der Waals surface area (Å²) in [6.07, 6.45) is 0. The maximum absolute atomic E-state index is 13.2. The maximum Gasteiger partial charge on any atom is 0.281 e. The lowest BCUT2D eigenvalue weighted by molar-refractivity contribution is 0.0978. The van der Waals surface area contributed by atoms with E-state index in [1.165, 1.54) is 12.1 Å². The number of hydrogen-bond acceptors (Lipinski definition) is 7. The zero-order valence-electron chi connectivity index (χ0n) is 21.2. The lowest BCUT2D eigenvalue weighted by Gasteiger charge is -2.16. The fourth-order valence-corrected chi connectivity index (χ4v) is 4.92. The molecular weight excluding hydrogens is 490 g/mol. The van der Waals surface area contributed by atoms with Crippen molar-refractivity contribution in [2.24, 2.45) is 0 Å². The Morgan fingerprint density at radius 2 is 1.59 bits per heavy atom. The molecule has 0 aliphatic carbocycles. The lowest BCUT2D eigenvalue weighted by Crippen LogP contribution is -2.31. The van der Waals surface area contributed by atoms with E-state index in [-0.39, 0.29) is 26.5 Å². The molecule has 1 amide bonds. The minimum Gasteiger partial charge on any atom is -0.508 e. The summed E-state index contributed by atoms with van der Waals surface area (Å²) < 4.78 is 33.9. The van der Waals surface area contributed by atoms with E-state index < -0.39 is 15.9 Å². The third kappa shape index (κ3) is 5.62. The van der Waals surface area contributed by atoms with Crippen LogP contribution in [0.4, 0.5) is 0 Å². The van der Waals surface area contributed by atoms with Gasteiger partial charge in [0.1, 0.15) is 17.1 Å². The molecule has 0 saturated carbocycles. The smallest absolute Gasteiger partial charge is 0.281 e. The molecule has 0 atom stereocenters. The van der Waals surface area contributed by atoms with Gasteiger partial charge in [-0.25, -0.2) is 14.7 Å². The van der Waals surface area contributed by atoms with Gasteiger partial charge in [0.25, 0.3) is 15.9 Å². The van der Waals surface area contributed by atoms with Gasteiger partial charge in [-0.2, -0.15) is 8.42 Å². The highest BCUT2D eigenvalue weighted by atomic mass is 32.2. The first-order valence-corrected chi connectivity index (χ1v) is 13.0. The Morgan fingerprint density at radius 1 is 0.892 bits per heavy atom. The third-order valence-electron chi connectivity index (χ3n) is 5.78. The number of ether oxygens (including phenoxy) is 1. The predicted octanol–water partition coefficient (Wildman–Crippen LogP) is 6.04. The largest absolute Gasteiger partial charge is 0.508 e. The second kappa shape index (κ2) is 10.0. The van der Waals surface area contributed by atoms with Crippen molar-refractivity contribution in [3.8, 4) is 28.6 Å². The number of carbonyl (C=O) groups excluding carboxylic acids is 1. The number of phenolic OH excluding ortho intramolecular Hbond substituents is 1. The van der Waals surface area contributed by atoms with E-state index in [0.29, 0.717) is 28.3 Å². The highest BCUT2D eigenvalue weighted by Gasteiger charge is 2.25. The molecule has 2 heterocycles. The zero-order chi connectivity index (χ0) is 26.9. The van der Waals surface area contributed by atoms with Crippen LogP contribution in [0.3, 0.4) is 0 Å². The van der Waals surface area contributed by atoms with Crippen molar-refractivity contribution < 1.29 is 27.3 Å². The molecule has 2 aromatic carbocycles. The van der Waals surface area contributed by atoms with Gasteiger partial charge in [0, 0.05) is 15.5 Å². The molecule has 2 aromatic heterocycles. The van der Waals surface area contributed by atoms with E-state index in [2.05, 4.69) is 14.7 Å². The van der Waals surface area contributed by atoms with Crippen LogP contribution in [0.15, 0.2) is 65.7 Å². The summed E-state index contributed by atoms with van der Waals surface area (Å²) in [7, 11) is -4.24. The van der Waals surface area contributed by atoms with E-state index in [1.807, 2.05) is 32.9 Å². The molecule has 0 unspecified atom stereocenters. The minimum atomic E-state index is -4.24. The fourth-order valence-electron chi connectivity index (χ4n) is 3.94. The van der Waals surface area contributed by atoms with Crippen molar-refractivity contribution in [1.82, 2.24) is 14.7 Å². The van der Waals surface area contributed by atoms with E-state index in [0.717, 1.165) is 16.7 Å². The molecule has 196 valence electrons. The van der Waals surface area contributed by atoms with Crippen LogP contribution >= 0.6 is 0 Å². The number of hydrogen-bond donors (Lipinski definition) is 2. The van der Waals surface area contributed by atoms with Gasteiger partial charge < -0.3 is 9.84 Å². The van der Waals surface area contributed by atoms with Crippen LogP contribution in [-0.4, -0.2) is 29.4 Å². The monoisotopic (exact) mass is 523 g/mol. The number of benzene rings is 2. The first kappa shape index (κ1) is 25.8. The van der Waals surface area contributed by atoms with E-state index in [4.69, 9.17) is 4.74 Å². The van der Waals surface area contributed by atoms with Crippen LogP contribution in [0.5, 0.6) is 17.4 Å². The maximum atomic E-state index is 13.2. The number of nitrogens with one attached hydrogen (secondary N) is 1. The number of aromatic nitrogens is 2. The normalized spacial score (nSPS) is 11.3. The van der Waals surface area contributed by atoms with Crippen molar-refractivity contribution in [3.63, 3.8) is 0 Å². The van der Waals surface area contributed by atoms with Gasteiger partial charge in [-0.1, -0.05) is 35.9 Å². The molecule has 4 rings (SSSR count). The van der Waals surface area contributed by atoms with Crippen LogP contribution < -0.4 is 9.46 Å². The summed E-state index contributed by atoms with van der Waals surface area (Å²) in [5, 5.41) is 9.90. The summed E-state index contributed by atoms with van der Waals surface area (Å²) in [6, 6.07) is 16.5. The van der Waals surface area contributed by atoms with Gasteiger partial charge in [0.15, 0.2) is 5.03 Å². The number of aromatic hydroxyl groups is 1. The highest BCUT2D eigenvalue weighted by Crippen LogP contribution is 2.33. The molecule has 8 nitrogen and oxygen atoms in total. The van der Waals surface area contributed by atoms with Gasteiger partial charge in [0.2, 0.25) is 5.88 Å². The highest BCUT2D eigenvalue weighted by molar-refractivity contribution is 7.90. The minimum absolute atomic E-state index is 0. The number of pyridine rings is 2. The Balaban J connectivity index is 0.00000267. The van der Waals surface area contributed by atoms with Gasteiger partial charge in [-0.3, -0.25) is 4.79 Å². The number of sulfonamides is 1. The van der Waals surface area contributed by atoms with Crippen LogP contribution in [0.2, 0.25) is 0 Å². The Bertz CT molecular complexity index is 1620. The molecule has 0 spiro atoms. The van der Waals surface area contributed by atoms with Crippen molar-refractivity contribution in [2.45, 2.75) is 39.6 Å². The Labute approximate surface area is 220 Å². The molecule has 4 aromatic rings. The number of phenols is 1. The number of nitrogens with zero attached hydrogens (tertiary/aromatic N) is 2. The average Bonchev–Trinajstić information content (AvgIpc) is 2.82. The second-order valence-electron chi connectivity index (χ2n) is 8.93. The van der Waals surface area contributed by atoms with Crippen LogP contribution in [0.25, 0.3) is 11.3 Å². The predicted molar refractivity (Wildman–Crippen MR) is 147 cm³/mol. The first-order chi connectivity index (χ1) is 17.4. The molecule has 0 aliphatic rings. The van der Waals surface area contributed by atoms with Crippen molar-refractivity contribution in [3.05, 3.63) is 94.2 Å². The SMILES string of the molecule is Cc1cc(C)c(Oc2nc(-c3ccc(C)c(O)c3)ccc2C(=O)NS(=O)(=O)c2cccc(C)n2)c(C)c1.[HH].[HH].[HH]. The number of aryl methyl sites for hydroxylation is 5. The van der Waals surface area contributed by atoms with Crippen LogP contribution in [0.1, 0.15) is 42.6 Å². The number of amides is 1. The Kier molecular flexibility index (Phi) is 7.00. The summed E-state index contributed by atoms with van der Waals surface area (Å²) in [6.45, 7) is 9.16. The summed E-state index contributed by atoms with van der Waals surface area (Å²) >= 11 is 0. The van der Waals surface area contributed by atoms with E-state index >= 15 is 0 Å². The molecule has 0 radical (unpaired) electrons. The van der Waals surface area contributed by atoms with E-state index in [9.17, 15) is 18.3 Å². The van der Waals surface area contributed by atoms with Crippen molar-refractivity contribution in [1.29, 1.82) is 0 Å². The van der Waals surface area contributed by atoms with Crippen LogP contribution in [0, 0.1) is 34.6 Å². The molecule has 0 fully saturated rings. The third-order valence-corrected chi connectivity index (χ3v) is 7.01. The lowest BCUT2D eigenvalue weighted by atomic mass is 10.1. The molecular formula is C28H33N3O5S. The number of rotatable bonds is 6. The fraction of sp³-hybridized carbons (Fsp3) is 0.179. The Hall–Kier alpha value is -4.24. The van der Waals surface area contributed by atoms with E-state index in [1.54, 1.807) is 50.2 Å². The summed E-state index contributed by atoms with van der Waals surface area (Å²) in [5.41, 5.74) is 4.89. The molecule has 2 N–H and O–H groups in total. The topological polar surface area (TPSA) is 118 Å². The second-order valence-corrected chi connectivity index (χ2v) is 10.6. The van der Waals surface area contributed by atoms with Crippen LogP contribution in [-0.2, 0) is 10.0 Å². The molecule has 0 bridgehead atoms. The molecule has 37 heavy (non-hydrogen) atoms. The van der Waals surface area contributed by atoms with Crippen molar-refractivity contribution in [2.75, 3.05) is 0 Å². The summed E-state index contributed by atoms with van der Waals surface area (Å²) in [5.74, 6) is -0.367. The van der Waals surface area contributed by atoms with Crippen molar-refractivity contribution >= 4 is 15.9 Å². The molecule has 0 aliphatic heterocycles. The zero-order valence-corrected chi connectivity index (χ0v) is 22.0. The number of carbonyl (C=O) groups is 1. The molecule has 0 saturated heterocycles. The van der Waals surface area contributed by atoms with Gasteiger partial charge in [-0.05, 0) is 81.6 Å². The summed E-state index contributed by atoms with van der Waals surface area (Å²) in [4.78, 5) is 21.8. The Morgan fingerprint density at radius 3 is 2.24 bits per heavy atom. The quantitative estimate of drug-likeness (QED) is 0.316. The molecule has 9 heteroatoms. The average molecular weight is 524 g/mol.